The minimum atomic E-state index is -0.986. The van der Waals surface area contributed by atoms with Gasteiger partial charge in [-0.25, -0.2) is 0 Å². The van der Waals surface area contributed by atoms with Gasteiger partial charge < -0.3 is 10.6 Å². The molecule has 2 amide bonds. The van der Waals surface area contributed by atoms with Crippen LogP contribution in [0.5, 0.6) is 0 Å². The molecule has 41 heavy (non-hydrogen) atoms. The molecule has 0 aromatic carbocycles. The quantitative estimate of drug-likeness (QED) is 0.322. The molecule has 4 rings (SSSR count). The number of primary amides is 1. The summed E-state index contributed by atoms with van der Waals surface area (Å²) in [5.74, 6) is -2.78. The second-order valence-electron chi connectivity index (χ2n) is 16.9. The van der Waals surface area contributed by atoms with Crippen molar-refractivity contribution in [2.45, 2.75) is 132 Å². The van der Waals surface area contributed by atoms with Gasteiger partial charge in [0.1, 0.15) is 5.78 Å². The van der Waals surface area contributed by atoms with Crippen molar-refractivity contribution in [2.24, 2.45) is 50.6 Å². The lowest BCUT2D eigenvalue weighted by Gasteiger charge is -2.36. The van der Waals surface area contributed by atoms with Crippen molar-refractivity contribution in [1.29, 1.82) is 0 Å². The highest BCUT2D eigenvalue weighted by Gasteiger charge is 2.85. The summed E-state index contributed by atoms with van der Waals surface area (Å²) in [5, 5.41) is 0. The molecule has 1 aliphatic heterocycles. The third kappa shape index (κ3) is 5.56. The third-order valence-corrected chi connectivity index (χ3v) is 11.9. The van der Waals surface area contributed by atoms with E-state index in [2.05, 4.69) is 13.8 Å². The number of hydrogen-bond donors (Lipinski definition) is 1. The molecule has 1 saturated heterocycles. The van der Waals surface area contributed by atoms with E-state index in [4.69, 9.17) is 5.73 Å². The zero-order chi connectivity index (χ0) is 30.8. The Balaban J connectivity index is 1.63. The van der Waals surface area contributed by atoms with Gasteiger partial charge in [0.05, 0.1) is 6.04 Å². The molecule has 2 spiro atoms. The summed E-state index contributed by atoms with van der Waals surface area (Å²) in [6, 6.07) is -0.645. The standard InChI is InChI=1S/C34H54N2O5/c1-30(2,3)18-23(37)17-24(31(4,5)6)29(41)36-20-34(32(7,8)33(34)13-10-14-33)19-25(36)26(38)16-22(27(39)28(35)40)15-21-11-9-12-21/h21-22,24-25H,9-20H2,1-8H3,(H2,35,40)/t22?,24-,25+,34-/m1/s1. The van der Waals surface area contributed by atoms with Gasteiger partial charge in [0, 0.05) is 43.1 Å². The molecular formula is C34H54N2O5. The van der Waals surface area contributed by atoms with Gasteiger partial charge in [0.25, 0.3) is 5.91 Å². The highest BCUT2D eigenvalue weighted by molar-refractivity contribution is 6.36. The zero-order valence-corrected chi connectivity index (χ0v) is 26.9. The number of rotatable bonds is 11. The largest absolute Gasteiger partial charge is 0.363 e. The Hall–Kier alpha value is -2.05. The van der Waals surface area contributed by atoms with E-state index in [1.807, 2.05) is 41.5 Å². The van der Waals surface area contributed by atoms with Crippen molar-refractivity contribution in [1.82, 2.24) is 4.90 Å². The predicted molar refractivity (Wildman–Crippen MR) is 159 cm³/mol. The Morgan fingerprint density at radius 3 is 1.93 bits per heavy atom. The van der Waals surface area contributed by atoms with Crippen LogP contribution in [-0.4, -0.2) is 46.7 Å². The minimum Gasteiger partial charge on any atom is -0.363 e. The van der Waals surface area contributed by atoms with Crippen LogP contribution in [-0.2, 0) is 24.0 Å². The van der Waals surface area contributed by atoms with Crippen molar-refractivity contribution < 1.29 is 24.0 Å². The predicted octanol–water partition coefficient (Wildman–Crippen LogP) is 5.66. The number of hydrogen-bond acceptors (Lipinski definition) is 5. The van der Waals surface area contributed by atoms with Gasteiger partial charge >= 0.3 is 0 Å². The number of carbonyl (C=O) groups excluding carboxylic acids is 5. The summed E-state index contributed by atoms with van der Waals surface area (Å²) in [5.41, 5.74) is 4.79. The van der Waals surface area contributed by atoms with Gasteiger partial charge in [-0.2, -0.15) is 0 Å². The first-order valence-corrected chi connectivity index (χ1v) is 15.9. The number of Topliss-reactive ketones (excluding diaryl/α,β-unsaturated/α-hetero) is 3. The van der Waals surface area contributed by atoms with Crippen molar-refractivity contribution in [3.05, 3.63) is 0 Å². The molecule has 0 radical (unpaired) electrons. The second-order valence-corrected chi connectivity index (χ2v) is 16.9. The Labute approximate surface area is 247 Å². The number of fused-ring (bicyclic) bond motifs is 1. The minimum absolute atomic E-state index is 0.0134. The summed E-state index contributed by atoms with van der Waals surface area (Å²) in [6.45, 7) is 17.2. The maximum atomic E-state index is 14.5. The zero-order valence-electron chi connectivity index (χ0n) is 26.9. The molecule has 3 saturated carbocycles. The number of amides is 2. The molecule has 4 aliphatic rings. The lowest BCUT2D eigenvalue weighted by atomic mass is 9.73. The van der Waals surface area contributed by atoms with Crippen molar-refractivity contribution >= 4 is 29.2 Å². The maximum absolute atomic E-state index is 14.5. The average Bonchev–Trinajstić information content (AvgIpc) is 3.01. The molecule has 1 unspecified atom stereocenters. The SMILES string of the molecule is CC(C)(C)CC(=O)C[C@H](C(=O)N1C[C@]2(C[C@H]1C(=O)CC(CC1CCC1)C(=O)C(N)=O)C(C)(C)C21CCC1)C(C)(C)C. The summed E-state index contributed by atoms with van der Waals surface area (Å²) >= 11 is 0. The van der Waals surface area contributed by atoms with E-state index < -0.39 is 35.0 Å². The van der Waals surface area contributed by atoms with Crippen molar-refractivity contribution in [3.63, 3.8) is 0 Å². The van der Waals surface area contributed by atoms with Gasteiger partial charge in [-0.15, -0.1) is 0 Å². The van der Waals surface area contributed by atoms with Crippen LogP contribution in [0.25, 0.3) is 0 Å². The first-order valence-electron chi connectivity index (χ1n) is 15.9. The van der Waals surface area contributed by atoms with Crippen LogP contribution in [0, 0.1) is 44.8 Å². The van der Waals surface area contributed by atoms with E-state index in [1.54, 1.807) is 4.90 Å². The molecule has 0 bridgehead atoms. The Bertz CT molecular complexity index is 1100. The first-order chi connectivity index (χ1) is 18.8. The van der Waals surface area contributed by atoms with Gasteiger partial charge in [-0.05, 0) is 53.3 Å². The molecule has 230 valence electrons. The Morgan fingerprint density at radius 1 is 0.902 bits per heavy atom. The molecule has 7 heteroatoms. The van der Waals surface area contributed by atoms with Crippen LogP contribution in [0.1, 0.15) is 126 Å². The summed E-state index contributed by atoms with van der Waals surface area (Å²) in [7, 11) is 0. The highest BCUT2D eigenvalue weighted by Crippen LogP contribution is 2.88. The van der Waals surface area contributed by atoms with Crippen LogP contribution in [0.15, 0.2) is 0 Å². The number of ketones is 3. The second kappa shape index (κ2) is 10.6. The number of likely N-dealkylation sites (tertiary alicyclic amines) is 1. The van der Waals surface area contributed by atoms with Gasteiger partial charge in [-0.1, -0.05) is 81.1 Å². The summed E-state index contributed by atoms with van der Waals surface area (Å²) < 4.78 is 0. The molecule has 0 aromatic rings. The molecule has 0 aromatic heterocycles. The topological polar surface area (TPSA) is 115 Å². The van der Waals surface area contributed by atoms with E-state index in [0.717, 1.165) is 32.1 Å². The third-order valence-electron chi connectivity index (χ3n) is 11.9. The van der Waals surface area contributed by atoms with Gasteiger partial charge in [-0.3, -0.25) is 24.0 Å². The van der Waals surface area contributed by atoms with E-state index >= 15 is 0 Å². The van der Waals surface area contributed by atoms with Crippen LogP contribution in [0.3, 0.4) is 0 Å². The maximum Gasteiger partial charge on any atom is 0.285 e. The lowest BCUT2D eigenvalue weighted by molar-refractivity contribution is -0.147. The molecule has 1 heterocycles. The van der Waals surface area contributed by atoms with Crippen LogP contribution in [0.2, 0.25) is 0 Å². The average molecular weight is 571 g/mol. The fourth-order valence-corrected chi connectivity index (χ4v) is 8.97. The van der Waals surface area contributed by atoms with E-state index in [-0.39, 0.29) is 52.0 Å². The van der Waals surface area contributed by atoms with Crippen LogP contribution < -0.4 is 5.73 Å². The first kappa shape index (κ1) is 31.9. The van der Waals surface area contributed by atoms with Gasteiger partial charge in [0.2, 0.25) is 11.7 Å². The van der Waals surface area contributed by atoms with E-state index in [9.17, 15) is 24.0 Å². The monoisotopic (exact) mass is 570 g/mol. The van der Waals surface area contributed by atoms with Gasteiger partial charge in [0.15, 0.2) is 5.78 Å². The number of nitrogens with two attached hydrogens (primary N) is 1. The Kier molecular flexibility index (Phi) is 8.23. The smallest absolute Gasteiger partial charge is 0.285 e. The Morgan fingerprint density at radius 2 is 1.51 bits per heavy atom. The van der Waals surface area contributed by atoms with Crippen LogP contribution in [0.4, 0.5) is 0 Å². The molecule has 4 atom stereocenters. The van der Waals surface area contributed by atoms with Crippen molar-refractivity contribution in [3.8, 4) is 0 Å². The normalized spacial score (nSPS) is 28.1. The van der Waals surface area contributed by atoms with Crippen molar-refractivity contribution in [2.75, 3.05) is 6.54 Å². The molecule has 4 fully saturated rings. The van der Waals surface area contributed by atoms with Crippen LogP contribution >= 0.6 is 0 Å². The van der Waals surface area contributed by atoms with E-state index in [1.165, 1.54) is 6.42 Å². The molecular weight excluding hydrogens is 516 g/mol. The van der Waals surface area contributed by atoms with E-state index in [0.29, 0.717) is 31.7 Å². The summed E-state index contributed by atoms with van der Waals surface area (Å²) in [4.78, 5) is 68.3. The fourth-order valence-electron chi connectivity index (χ4n) is 8.97. The number of nitrogens with zero attached hydrogens (tertiary/aromatic N) is 1. The molecule has 3 aliphatic carbocycles. The highest BCUT2D eigenvalue weighted by atomic mass is 16.2. The summed E-state index contributed by atoms with van der Waals surface area (Å²) in [6.07, 6.45) is 8.08. The molecule has 7 nitrogen and oxygen atoms in total. The molecule has 2 N–H and O–H groups in total. The fraction of sp³-hybridized carbons (Fsp3) is 0.853. The number of carbonyl (C=O) groups is 5. The lowest BCUT2D eigenvalue weighted by Crippen LogP contribution is -2.48.